The van der Waals surface area contributed by atoms with Crippen molar-refractivity contribution in [1.82, 2.24) is 0 Å². The third-order valence-corrected chi connectivity index (χ3v) is 4.00. The molecule has 17 heavy (non-hydrogen) atoms. The molecular weight excluding hydrogens is 234 g/mol. The van der Waals surface area contributed by atoms with Crippen LogP contribution in [0.5, 0.6) is 10.8 Å². The fourth-order valence-electron chi connectivity index (χ4n) is 1.87. The number of para-hydroxylation sites is 2. The first-order chi connectivity index (χ1) is 8.16. The first kappa shape index (κ1) is 10.4. The van der Waals surface area contributed by atoms with Gasteiger partial charge in [-0.3, -0.25) is 4.79 Å². The van der Waals surface area contributed by atoms with E-state index in [2.05, 4.69) is 5.32 Å². The molecule has 0 aliphatic carbocycles. The summed E-state index contributed by atoms with van der Waals surface area (Å²) in [5.41, 5.74) is 2.37. The molecule has 1 aliphatic rings. The molecule has 3 rings (SSSR count). The van der Waals surface area contributed by atoms with Crippen molar-refractivity contribution in [2.24, 2.45) is 0 Å². The van der Waals surface area contributed by atoms with E-state index in [9.17, 15) is 4.79 Å². The van der Waals surface area contributed by atoms with E-state index >= 15 is 0 Å². The van der Waals surface area contributed by atoms with Crippen molar-refractivity contribution in [1.29, 1.82) is 0 Å². The quantitative estimate of drug-likeness (QED) is 0.768. The SMILES string of the molecule is Cc1sc2c(c1C)C(=O)Nc1ccccc1O2. The number of hydrogen-bond acceptors (Lipinski definition) is 3. The van der Waals surface area contributed by atoms with Crippen LogP contribution >= 0.6 is 11.3 Å². The van der Waals surface area contributed by atoms with E-state index in [1.54, 1.807) is 0 Å². The summed E-state index contributed by atoms with van der Waals surface area (Å²) in [5.74, 6) is 0.604. The van der Waals surface area contributed by atoms with Gasteiger partial charge in [-0.05, 0) is 31.5 Å². The molecule has 2 aromatic rings. The Balaban J connectivity index is 2.20. The zero-order valence-corrected chi connectivity index (χ0v) is 10.4. The topological polar surface area (TPSA) is 38.3 Å². The number of fused-ring (bicyclic) bond motifs is 2. The van der Waals surface area contributed by atoms with E-state index in [-0.39, 0.29) is 5.91 Å². The van der Waals surface area contributed by atoms with Crippen LogP contribution in [0.25, 0.3) is 0 Å². The third kappa shape index (κ3) is 1.52. The molecule has 1 aromatic heterocycles. The number of thiophene rings is 1. The van der Waals surface area contributed by atoms with Gasteiger partial charge in [-0.2, -0.15) is 0 Å². The number of amides is 1. The Hall–Kier alpha value is -1.81. The predicted octanol–water partition coefficient (Wildman–Crippen LogP) is 3.72. The van der Waals surface area contributed by atoms with Crippen LogP contribution in [0.4, 0.5) is 5.69 Å². The Kier molecular flexibility index (Phi) is 2.19. The van der Waals surface area contributed by atoms with Crippen molar-refractivity contribution in [2.45, 2.75) is 13.8 Å². The van der Waals surface area contributed by atoms with Crippen LogP contribution in [0.3, 0.4) is 0 Å². The zero-order valence-electron chi connectivity index (χ0n) is 9.53. The lowest BCUT2D eigenvalue weighted by molar-refractivity contribution is 0.102. The van der Waals surface area contributed by atoms with Crippen LogP contribution in [-0.2, 0) is 0 Å². The van der Waals surface area contributed by atoms with Gasteiger partial charge >= 0.3 is 0 Å². The summed E-state index contributed by atoms with van der Waals surface area (Å²) in [6.45, 7) is 3.95. The van der Waals surface area contributed by atoms with Crippen molar-refractivity contribution in [2.75, 3.05) is 5.32 Å². The van der Waals surface area contributed by atoms with E-state index in [0.29, 0.717) is 16.4 Å². The maximum absolute atomic E-state index is 12.1. The van der Waals surface area contributed by atoms with E-state index in [0.717, 1.165) is 16.1 Å². The van der Waals surface area contributed by atoms with Gasteiger partial charge in [0.2, 0.25) is 0 Å². The average molecular weight is 245 g/mol. The van der Waals surface area contributed by atoms with Gasteiger partial charge in [0.25, 0.3) is 5.91 Å². The van der Waals surface area contributed by atoms with Gasteiger partial charge < -0.3 is 10.1 Å². The largest absolute Gasteiger partial charge is 0.444 e. The Labute approximate surface area is 103 Å². The summed E-state index contributed by atoms with van der Waals surface area (Å²) in [6.07, 6.45) is 0. The molecule has 0 unspecified atom stereocenters. The van der Waals surface area contributed by atoms with Gasteiger partial charge in [0.1, 0.15) is 0 Å². The summed E-state index contributed by atoms with van der Waals surface area (Å²) >= 11 is 1.51. The Morgan fingerprint density at radius 3 is 2.82 bits per heavy atom. The van der Waals surface area contributed by atoms with E-state index < -0.39 is 0 Å². The van der Waals surface area contributed by atoms with Crippen LogP contribution < -0.4 is 10.1 Å². The fraction of sp³-hybridized carbons (Fsp3) is 0.154. The first-order valence-corrected chi connectivity index (χ1v) is 6.16. The summed E-state index contributed by atoms with van der Waals surface area (Å²) < 4.78 is 5.81. The smallest absolute Gasteiger partial charge is 0.260 e. The maximum Gasteiger partial charge on any atom is 0.260 e. The second kappa shape index (κ2) is 3.60. The number of hydrogen-bond donors (Lipinski definition) is 1. The highest BCUT2D eigenvalue weighted by Gasteiger charge is 2.25. The molecule has 0 radical (unpaired) electrons. The lowest BCUT2D eigenvalue weighted by Crippen LogP contribution is -2.10. The van der Waals surface area contributed by atoms with Crippen molar-refractivity contribution in [3.05, 3.63) is 40.3 Å². The van der Waals surface area contributed by atoms with Gasteiger partial charge in [0.15, 0.2) is 10.8 Å². The molecule has 1 aliphatic heterocycles. The van der Waals surface area contributed by atoms with Crippen molar-refractivity contribution in [3.8, 4) is 10.8 Å². The lowest BCUT2D eigenvalue weighted by atomic mass is 10.1. The summed E-state index contributed by atoms with van der Waals surface area (Å²) in [4.78, 5) is 13.2. The highest BCUT2D eigenvalue weighted by atomic mass is 32.1. The summed E-state index contributed by atoms with van der Waals surface area (Å²) in [6, 6.07) is 7.46. The maximum atomic E-state index is 12.1. The molecule has 4 heteroatoms. The zero-order chi connectivity index (χ0) is 12.0. The number of carbonyl (C=O) groups excluding carboxylic acids is 1. The number of aryl methyl sites for hydroxylation is 1. The second-order valence-corrected chi connectivity index (χ2v) is 5.19. The van der Waals surface area contributed by atoms with Crippen molar-refractivity contribution < 1.29 is 9.53 Å². The van der Waals surface area contributed by atoms with Gasteiger partial charge in [-0.25, -0.2) is 0 Å². The molecule has 0 bridgehead atoms. The van der Waals surface area contributed by atoms with Crippen LogP contribution in [0.1, 0.15) is 20.8 Å². The first-order valence-electron chi connectivity index (χ1n) is 5.35. The summed E-state index contributed by atoms with van der Waals surface area (Å²) in [7, 11) is 0. The molecule has 3 nitrogen and oxygen atoms in total. The summed E-state index contributed by atoms with van der Waals surface area (Å²) in [5, 5.41) is 3.56. The van der Waals surface area contributed by atoms with Gasteiger partial charge in [-0.15, -0.1) is 11.3 Å². The third-order valence-electron chi connectivity index (χ3n) is 2.92. The molecule has 86 valence electrons. The Morgan fingerprint density at radius 2 is 2.00 bits per heavy atom. The van der Waals surface area contributed by atoms with Crippen LogP contribution in [0, 0.1) is 13.8 Å². The monoisotopic (exact) mass is 245 g/mol. The molecule has 0 spiro atoms. The average Bonchev–Trinajstić information content (AvgIpc) is 2.50. The number of benzene rings is 1. The number of rotatable bonds is 0. The number of nitrogens with one attached hydrogen (secondary N) is 1. The van der Waals surface area contributed by atoms with Crippen LogP contribution in [0.15, 0.2) is 24.3 Å². The highest BCUT2D eigenvalue weighted by molar-refractivity contribution is 7.14. The Bertz CT molecular complexity index is 616. The molecule has 0 saturated heterocycles. The fourth-order valence-corrected chi connectivity index (χ4v) is 2.89. The van der Waals surface area contributed by atoms with E-state index in [1.165, 1.54) is 11.3 Å². The number of anilines is 1. The van der Waals surface area contributed by atoms with E-state index in [1.807, 2.05) is 38.1 Å². The van der Waals surface area contributed by atoms with Crippen LogP contribution in [-0.4, -0.2) is 5.91 Å². The molecule has 1 amide bonds. The molecule has 2 heterocycles. The number of carbonyl (C=O) groups is 1. The molecule has 1 aromatic carbocycles. The lowest BCUT2D eigenvalue weighted by Gasteiger charge is -2.05. The molecule has 0 atom stereocenters. The normalized spacial score (nSPS) is 13.2. The van der Waals surface area contributed by atoms with E-state index in [4.69, 9.17) is 4.74 Å². The molecule has 0 saturated carbocycles. The number of ether oxygens (including phenoxy) is 1. The van der Waals surface area contributed by atoms with Gasteiger partial charge in [0, 0.05) is 4.88 Å². The predicted molar refractivity (Wildman–Crippen MR) is 68.3 cm³/mol. The molecule has 0 fully saturated rings. The minimum atomic E-state index is -0.0909. The van der Waals surface area contributed by atoms with Gasteiger partial charge in [-0.1, -0.05) is 12.1 Å². The second-order valence-electron chi connectivity index (χ2n) is 4.00. The van der Waals surface area contributed by atoms with Gasteiger partial charge in [0.05, 0.1) is 11.3 Å². The molecule has 1 N–H and O–H groups in total. The minimum absolute atomic E-state index is 0.0909. The molecular formula is C13H11NO2S. The minimum Gasteiger partial charge on any atom is -0.444 e. The van der Waals surface area contributed by atoms with Crippen LogP contribution in [0.2, 0.25) is 0 Å². The highest BCUT2D eigenvalue weighted by Crippen LogP contribution is 2.42. The Morgan fingerprint density at radius 1 is 1.24 bits per heavy atom. The standard InChI is InChI=1S/C13H11NO2S/c1-7-8(2)17-13-11(7)12(15)14-9-5-3-4-6-10(9)16-13/h3-6H,1-2H3,(H,14,15). The van der Waals surface area contributed by atoms with Crippen molar-refractivity contribution in [3.63, 3.8) is 0 Å². The van der Waals surface area contributed by atoms with Crippen molar-refractivity contribution >= 4 is 22.9 Å².